The number of amides is 1. The van der Waals surface area contributed by atoms with E-state index >= 15 is 0 Å². The van der Waals surface area contributed by atoms with E-state index in [1.54, 1.807) is 18.3 Å². The summed E-state index contributed by atoms with van der Waals surface area (Å²) >= 11 is 0. The third kappa shape index (κ3) is 3.56. The fourth-order valence-electron chi connectivity index (χ4n) is 2.13. The van der Waals surface area contributed by atoms with Crippen LogP contribution < -0.4 is 0 Å². The summed E-state index contributed by atoms with van der Waals surface area (Å²) in [5, 5.41) is 0.901. The number of rotatable bonds is 5. The summed E-state index contributed by atoms with van der Waals surface area (Å²) in [5.74, 6) is -0.591. The molecular formula is C16H18N2O3. The minimum absolute atomic E-state index is 0.0335. The molecule has 0 fully saturated rings. The molecule has 1 aromatic heterocycles. The second kappa shape index (κ2) is 6.83. The third-order valence-electron chi connectivity index (χ3n) is 3.18. The van der Waals surface area contributed by atoms with Crippen molar-refractivity contribution < 1.29 is 14.3 Å². The molecule has 0 N–H and O–H groups in total. The first-order valence-corrected chi connectivity index (χ1v) is 6.86. The average molecular weight is 286 g/mol. The fourth-order valence-corrected chi connectivity index (χ4v) is 2.13. The van der Waals surface area contributed by atoms with Crippen molar-refractivity contribution in [3.05, 3.63) is 42.1 Å². The van der Waals surface area contributed by atoms with Crippen LogP contribution in [0.5, 0.6) is 0 Å². The van der Waals surface area contributed by atoms with E-state index in [2.05, 4.69) is 9.72 Å². The summed E-state index contributed by atoms with van der Waals surface area (Å²) in [6.45, 7) is 2.44. The smallest absolute Gasteiger partial charge is 0.325 e. The zero-order chi connectivity index (χ0) is 15.2. The molecule has 5 nitrogen and oxygen atoms in total. The highest BCUT2D eigenvalue weighted by Gasteiger charge is 2.18. The molecule has 0 spiro atoms. The van der Waals surface area contributed by atoms with Gasteiger partial charge in [-0.15, -0.1) is 0 Å². The zero-order valence-electron chi connectivity index (χ0n) is 12.2. The highest BCUT2D eigenvalue weighted by molar-refractivity contribution is 5.99. The van der Waals surface area contributed by atoms with Crippen LogP contribution in [0.3, 0.4) is 0 Å². The van der Waals surface area contributed by atoms with Crippen molar-refractivity contribution >= 4 is 22.8 Å². The first-order valence-electron chi connectivity index (χ1n) is 6.86. The van der Waals surface area contributed by atoms with Crippen LogP contribution in [0.15, 0.2) is 36.5 Å². The molecular weight excluding hydrogens is 268 g/mol. The first kappa shape index (κ1) is 15.0. The second-order valence-corrected chi connectivity index (χ2v) is 4.71. The van der Waals surface area contributed by atoms with E-state index in [0.29, 0.717) is 12.1 Å². The van der Waals surface area contributed by atoms with E-state index in [0.717, 1.165) is 17.3 Å². The van der Waals surface area contributed by atoms with Crippen LogP contribution in [0, 0.1) is 0 Å². The van der Waals surface area contributed by atoms with Crippen LogP contribution >= 0.6 is 0 Å². The van der Waals surface area contributed by atoms with Gasteiger partial charge in [-0.3, -0.25) is 14.6 Å². The van der Waals surface area contributed by atoms with Crippen LogP contribution in [0.1, 0.15) is 23.7 Å². The van der Waals surface area contributed by atoms with E-state index in [1.165, 1.54) is 12.0 Å². The molecule has 0 unspecified atom stereocenters. The van der Waals surface area contributed by atoms with Crippen molar-refractivity contribution in [1.82, 2.24) is 9.88 Å². The van der Waals surface area contributed by atoms with Gasteiger partial charge >= 0.3 is 5.97 Å². The normalized spacial score (nSPS) is 10.4. The van der Waals surface area contributed by atoms with Gasteiger partial charge in [0.2, 0.25) is 0 Å². The maximum atomic E-state index is 12.5. The van der Waals surface area contributed by atoms with Gasteiger partial charge < -0.3 is 9.64 Å². The number of ether oxygens (including phenoxy) is 1. The molecule has 0 atom stereocenters. The van der Waals surface area contributed by atoms with E-state index in [4.69, 9.17) is 0 Å². The van der Waals surface area contributed by atoms with Gasteiger partial charge in [0.05, 0.1) is 12.6 Å². The van der Waals surface area contributed by atoms with Crippen molar-refractivity contribution in [2.75, 3.05) is 20.2 Å². The van der Waals surface area contributed by atoms with Crippen LogP contribution in [-0.4, -0.2) is 42.0 Å². The molecule has 0 bridgehead atoms. The summed E-state index contributed by atoms with van der Waals surface area (Å²) in [6.07, 6.45) is 2.49. The lowest BCUT2D eigenvalue weighted by Crippen LogP contribution is -2.36. The molecule has 2 rings (SSSR count). The summed E-state index contributed by atoms with van der Waals surface area (Å²) in [4.78, 5) is 29.7. The molecule has 0 radical (unpaired) electrons. The standard InChI is InChI=1S/C16H18N2O3/c1-3-9-18(11-15(19)21-2)16(20)13-6-7-14-12(10-13)5-4-8-17-14/h4-8,10H,3,9,11H2,1-2H3. The number of methoxy groups -OCH3 is 1. The number of hydrogen-bond donors (Lipinski definition) is 0. The number of carbonyl (C=O) groups is 2. The Hall–Kier alpha value is -2.43. The summed E-state index contributed by atoms with van der Waals surface area (Å²) in [6, 6.07) is 9.07. The van der Waals surface area contributed by atoms with Gasteiger partial charge in [0.1, 0.15) is 6.54 Å². The van der Waals surface area contributed by atoms with Crippen molar-refractivity contribution in [3.63, 3.8) is 0 Å². The molecule has 0 saturated heterocycles. The quantitative estimate of drug-likeness (QED) is 0.791. The SMILES string of the molecule is CCCN(CC(=O)OC)C(=O)c1ccc2ncccc2c1. The number of aromatic nitrogens is 1. The first-order chi connectivity index (χ1) is 10.2. The van der Waals surface area contributed by atoms with Gasteiger partial charge in [0.15, 0.2) is 0 Å². The minimum atomic E-state index is -0.417. The Morgan fingerprint density at radius 1 is 1.29 bits per heavy atom. The Labute approximate surface area is 123 Å². The van der Waals surface area contributed by atoms with Crippen molar-refractivity contribution in [1.29, 1.82) is 0 Å². The molecule has 0 aliphatic rings. The van der Waals surface area contributed by atoms with E-state index in [1.807, 2.05) is 25.1 Å². The monoisotopic (exact) mass is 286 g/mol. The molecule has 1 amide bonds. The van der Waals surface area contributed by atoms with Crippen molar-refractivity contribution in [3.8, 4) is 0 Å². The maximum Gasteiger partial charge on any atom is 0.325 e. The molecule has 2 aromatic rings. The number of fused-ring (bicyclic) bond motifs is 1. The lowest BCUT2D eigenvalue weighted by Gasteiger charge is -2.20. The number of hydrogen-bond acceptors (Lipinski definition) is 4. The maximum absolute atomic E-state index is 12.5. The lowest BCUT2D eigenvalue weighted by molar-refractivity contribution is -0.141. The predicted octanol–water partition coefficient (Wildman–Crippen LogP) is 2.26. The molecule has 1 aromatic carbocycles. The Kier molecular flexibility index (Phi) is 4.87. The Morgan fingerprint density at radius 2 is 2.10 bits per heavy atom. The van der Waals surface area contributed by atoms with Gasteiger partial charge in [0.25, 0.3) is 5.91 Å². The predicted molar refractivity (Wildman–Crippen MR) is 80.0 cm³/mol. The molecule has 0 aliphatic carbocycles. The highest BCUT2D eigenvalue weighted by Crippen LogP contribution is 2.15. The van der Waals surface area contributed by atoms with Crippen LogP contribution in [-0.2, 0) is 9.53 Å². The van der Waals surface area contributed by atoms with Crippen LogP contribution in [0.2, 0.25) is 0 Å². The van der Waals surface area contributed by atoms with Crippen molar-refractivity contribution in [2.24, 2.45) is 0 Å². The number of nitrogens with zero attached hydrogens (tertiary/aromatic N) is 2. The largest absolute Gasteiger partial charge is 0.468 e. The number of benzene rings is 1. The van der Waals surface area contributed by atoms with Gasteiger partial charge in [-0.25, -0.2) is 0 Å². The van der Waals surface area contributed by atoms with Gasteiger partial charge in [-0.1, -0.05) is 13.0 Å². The molecule has 5 heteroatoms. The lowest BCUT2D eigenvalue weighted by atomic mass is 10.1. The van der Waals surface area contributed by atoms with Gasteiger partial charge in [-0.05, 0) is 30.7 Å². The molecule has 0 aliphatic heterocycles. The van der Waals surface area contributed by atoms with Crippen LogP contribution in [0.25, 0.3) is 10.9 Å². The zero-order valence-corrected chi connectivity index (χ0v) is 12.2. The van der Waals surface area contributed by atoms with E-state index in [-0.39, 0.29) is 12.5 Å². The topological polar surface area (TPSA) is 59.5 Å². The average Bonchev–Trinajstić information content (AvgIpc) is 2.53. The van der Waals surface area contributed by atoms with Crippen molar-refractivity contribution in [2.45, 2.75) is 13.3 Å². The Morgan fingerprint density at radius 3 is 2.81 bits per heavy atom. The van der Waals surface area contributed by atoms with Gasteiger partial charge in [0, 0.05) is 23.7 Å². The number of carbonyl (C=O) groups excluding carboxylic acids is 2. The third-order valence-corrected chi connectivity index (χ3v) is 3.18. The highest BCUT2D eigenvalue weighted by atomic mass is 16.5. The number of esters is 1. The summed E-state index contributed by atoms with van der Waals surface area (Å²) in [5.41, 5.74) is 1.39. The molecule has 21 heavy (non-hydrogen) atoms. The Balaban J connectivity index is 2.27. The Bertz CT molecular complexity index is 655. The summed E-state index contributed by atoms with van der Waals surface area (Å²) < 4.78 is 4.64. The molecule has 110 valence electrons. The van der Waals surface area contributed by atoms with E-state index < -0.39 is 5.97 Å². The van der Waals surface area contributed by atoms with Gasteiger partial charge in [-0.2, -0.15) is 0 Å². The van der Waals surface area contributed by atoms with E-state index in [9.17, 15) is 9.59 Å². The molecule has 1 heterocycles. The number of pyridine rings is 1. The summed E-state index contributed by atoms with van der Waals surface area (Å²) in [7, 11) is 1.32. The molecule has 0 saturated carbocycles. The minimum Gasteiger partial charge on any atom is -0.468 e. The van der Waals surface area contributed by atoms with Crippen LogP contribution in [0.4, 0.5) is 0 Å². The fraction of sp³-hybridized carbons (Fsp3) is 0.312. The second-order valence-electron chi connectivity index (χ2n) is 4.71.